The summed E-state index contributed by atoms with van der Waals surface area (Å²) < 4.78 is 5.24. The highest BCUT2D eigenvalue weighted by molar-refractivity contribution is 5.62. The van der Waals surface area contributed by atoms with Crippen LogP contribution in [0.4, 0.5) is 0 Å². The van der Waals surface area contributed by atoms with E-state index >= 15 is 0 Å². The number of methoxy groups -OCH3 is 1. The molecule has 0 atom stereocenters. The maximum atomic E-state index is 5.24. The van der Waals surface area contributed by atoms with Crippen molar-refractivity contribution < 1.29 is 4.74 Å². The van der Waals surface area contributed by atoms with Crippen LogP contribution in [0, 0.1) is 6.92 Å². The summed E-state index contributed by atoms with van der Waals surface area (Å²) in [6.07, 6.45) is 5.40. The predicted molar refractivity (Wildman–Crippen MR) is 50.5 cm³/mol. The molecule has 0 saturated carbocycles. The van der Waals surface area contributed by atoms with Gasteiger partial charge in [0.1, 0.15) is 5.75 Å². The lowest BCUT2D eigenvalue weighted by atomic mass is 10.1. The summed E-state index contributed by atoms with van der Waals surface area (Å²) in [4.78, 5) is 0. The van der Waals surface area contributed by atoms with E-state index in [1.807, 2.05) is 0 Å². The van der Waals surface area contributed by atoms with E-state index < -0.39 is 0 Å². The van der Waals surface area contributed by atoms with Gasteiger partial charge in [0.2, 0.25) is 0 Å². The average molecular weight is 160 g/mol. The van der Waals surface area contributed by atoms with Gasteiger partial charge in [-0.25, -0.2) is 0 Å². The first kappa shape index (κ1) is 7.41. The van der Waals surface area contributed by atoms with Crippen molar-refractivity contribution in [3.8, 4) is 5.75 Å². The predicted octanol–water partition coefficient (Wildman–Crippen LogP) is 2.57. The van der Waals surface area contributed by atoms with Crippen LogP contribution in [-0.2, 0) is 6.42 Å². The molecule has 1 heteroatoms. The van der Waals surface area contributed by atoms with Gasteiger partial charge in [-0.2, -0.15) is 0 Å². The second-order valence-corrected chi connectivity index (χ2v) is 3.13. The third kappa shape index (κ3) is 1.02. The average Bonchev–Trinajstić information content (AvgIpc) is 2.49. The molecule has 1 aliphatic carbocycles. The van der Waals surface area contributed by atoms with Gasteiger partial charge in [-0.1, -0.05) is 12.2 Å². The summed E-state index contributed by atoms with van der Waals surface area (Å²) >= 11 is 0. The molecule has 0 amide bonds. The fourth-order valence-electron chi connectivity index (χ4n) is 1.62. The number of benzene rings is 1. The number of aryl methyl sites for hydroxylation is 1. The number of fused-ring (bicyclic) bond motifs is 1. The molecule has 0 bridgehead atoms. The zero-order chi connectivity index (χ0) is 8.55. The Morgan fingerprint density at radius 1 is 1.33 bits per heavy atom. The summed E-state index contributed by atoms with van der Waals surface area (Å²) in [6.45, 7) is 2.07. The van der Waals surface area contributed by atoms with Gasteiger partial charge in [0.25, 0.3) is 0 Å². The molecule has 0 N–H and O–H groups in total. The second kappa shape index (κ2) is 2.67. The number of ether oxygens (including phenoxy) is 1. The molecule has 12 heavy (non-hydrogen) atoms. The first-order chi connectivity index (χ1) is 5.81. The monoisotopic (exact) mass is 160 g/mol. The van der Waals surface area contributed by atoms with Gasteiger partial charge in [0.15, 0.2) is 0 Å². The van der Waals surface area contributed by atoms with Crippen molar-refractivity contribution in [2.75, 3.05) is 7.11 Å². The van der Waals surface area contributed by atoms with Gasteiger partial charge in [-0.3, -0.25) is 0 Å². The Labute approximate surface area is 72.7 Å². The molecular formula is C11H12O. The molecule has 0 fully saturated rings. The molecular weight excluding hydrogens is 148 g/mol. The Hall–Kier alpha value is -1.24. The van der Waals surface area contributed by atoms with E-state index in [4.69, 9.17) is 4.74 Å². The fraction of sp³-hybridized carbons (Fsp3) is 0.273. The van der Waals surface area contributed by atoms with Gasteiger partial charge >= 0.3 is 0 Å². The number of rotatable bonds is 1. The molecule has 62 valence electrons. The van der Waals surface area contributed by atoms with Crippen LogP contribution in [0.3, 0.4) is 0 Å². The molecule has 2 rings (SSSR count). The van der Waals surface area contributed by atoms with Crippen molar-refractivity contribution in [2.45, 2.75) is 13.3 Å². The smallest absolute Gasteiger partial charge is 0.122 e. The van der Waals surface area contributed by atoms with Gasteiger partial charge in [-0.15, -0.1) is 0 Å². The highest BCUT2D eigenvalue weighted by Gasteiger charge is 2.08. The SMILES string of the molecule is COc1cc2c(cc1C)C=CC2. The van der Waals surface area contributed by atoms with E-state index in [0.29, 0.717) is 0 Å². The maximum Gasteiger partial charge on any atom is 0.122 e. The van der Waals surface area contributed by atoms with Crippen LogP contribution >= 0.6 is 0 Å². The molecule has 1 aromatic rings. The molecule has 0 radical (unpaired) electrons. The first-order valence-corrected chi connectivity index (χ1v) is 4.15. The van der Waals surface area contributed by atoms with Crippen LogP contribution in [0.2, 0.25) is 0 Å². The minimum absolute atomic E-state index is 0.998. The van der Waals surface area contributed by atoms with Crippen LogP contribution in [0.1, 0.15) is 16.7 Å². The zero-order valence-corrected chi connectivity index (χ0v) is 7.42. The van der Waals surface area contributed by atoms with Crippen molar-refractivity contribution in [1.29, 1.82) is 0 Å². The molecule has 1 nitrogen and oxygen atoms in total. The Morgan fingerprint density at radius 3 is 2.92 bits per heavy atom. The van der Waals surface area contributed by atoms with Crippen molar-refractivity contribution in [2.24, 2.45) is 0 Å². The van der Waals surface area contributed by atoms with E-state index in [2.05, 4.69) is 31.2 Å². The van der Waals surface area contributed by atoms with Crippen LogP contribution in [0.5, 0.6) is 5.75 Å². The number of hydrogen-bond donors (Lipinski definition) is 0. The van der Waals surface area contributed by atoms with Gasteiger partial charge in [-0.05, 0) is 42.2 Å². The zero-order valence-electron chi connectivity index (χ0n) is 7.42. The lowest BCUT2D eigenvalue weighted by Crippen LogP contribution is -1.90. The van der Waals surface area contributed by atoms with E-state index in [9.17, 15) is 0 Å². The van der Waals surface area contributed by atoms with E-state index in [0.717, 1.165) is 12.2 Å². The van der Waals surface area contributed by atoms with Crippen molar-refractivity contribution in [1.82, 2.24) is 0 Å². The quantitative estimate of drug-likeness (QED) is 0.613. The Kier molecular flexibility index (Phi) is 1.65. The third-order valence-electron chi connectivity index (χ3n) is 2.29. The van der Waals surface area contributed by atoms with E-state index in [1.54, 1.807) is 7.11 Å². The summed E-state index contributed by atoms with van der Waals surface area (Å²) in [5, 5.41) is 0. The summed E-state index contributed by atoms with van der Waals surface area (Å²) in [7, 11) is 1.72. The minimum atomic E-state index is 0.998. The molecule has 0 unspecified atom stereocenters. The van der Waals surface area contributed by atoms with Crippen molar-refractivity contribution >= 4 is 6.08 Å². The van der Waals surface area contributed by atoms with Crippen LogP contribution in [0.15, 0.2) is 18.2 Å². The molecule has 1 aliphatic rings. The number of hydrogen-bond acceptors (Lipinski definition) is 1. The van der Waals surface area contributed by atoms with Crippen LogP contribution in [0.25, 0.3) is 6.08 Å². The molecule has 0 aromatic heterocycles. The fourth-order valence-corrected chi connectivity index (χ4v) is 1.62. The van der Waals surface area contributed by atoms with Crippen molar-refractivity contribution in [3.05, 3.63) is 34.9 Å². The Morgan fingerprint density at radius 2 is 2.17 bits per heavy atom. The van der Waals surface area contributed by atoms with Crippen LogP contribution < -0.4 is 4.74 Å². The summed E-state index contributed by atoms with van der Waals surface area (Å²) in [6, 6.07) is 4.31. The topological polar surface area (TPSA) is 9.23 Å². The standard InChI is InChI=1S/C11H12O/c1-8-6-9-4-3-5-10(9)7-11(8)12-2/h3-4,6-7H,5H2,1-2H3. The summed E-state index contributed by atoms with van der Waals surface area (Å²) in [5.41, 5.74) is 3.92. The van der Waals surface area contributed by atoms with Gasteiger partial charge < -0.3 is 4.74 Å². The van der Waals surface area contributed by atoms with Crippen molar-refractivity contribution in [3.63, 3.8) is 0 Å². The highest BCUT2D eigenvalue weighted by Crippen LogP contribution is 2.27. The largest absolute Gasteiger partial charge is 0.496 e. The van der Waals surface area contributed by atoms with Crippen LogP contribution in [-0.4, -0.2) is 7.11 Å². The lowest BCUT2D eigenvalue weighted by molar-refractivity contribution is 0.411. The molecule has 0 aliphatic heterocycles. The molecule has 0 heterocycles. The maximum absolute atomic E-state index is 5.24. The first-order valence-electron chi connectivity index (χ1n) is 4.15. The lowest BCUT2D eigenvalue weighted by Gasteiger charge is -2.07. The molecule has 1 aromatic carbocycles. The third-order valence-corrected chi connectivity index (χ3v) is 2.29. The van der Waals surface area contributed by atoms with Gasteiger partial charge in [0.05, 0.1) is 7.11 Å². The summed E-state index contributed by atoms with van der Waals surface area (Å²) in [5.74, 6) is 0.998. The Bertz CT molecular complexity index is 336. The van der Waals surface area contributed by atoms with Gasteiger partial charge in [0, 0.05) is 0 Å². The Balaban J connectivity index is 2.54. The molecule has 0 saturated heterocycles. The van der Waals surface area contributed by atoms with E-state index in [-0.39, 0.29) is 0 Å². The second-order valence-electron chi connectivity index (χ2n) is 3.13. The van der Waals surface area contributed by atoms with E-state index in [1.165, 1.54) is 16.7 Å². The number of allylic oxidation sites excluding steroid dienone is 1. The minimum Gasteiger partial charge on any atom is -0.496 e. The highest BCUT2D eigenvalue weighted by atomic mass is 16.5. The molecule has 0 spiro atoms. The normalized spacial score (nSPS) is 13.2.